The van der Waals surface area contributed by atoms with Crippen molar-refractivity contribution in [3.05, 3.63) is 71.8 Å². The monoisotopic (exact) mass is 305 g/mol. The van der Waals surface area contributed by atoms with Gasteiger partial charge in [-0.2, -0.15) is 0 Å². The summed E-state index contributed by atoms with van der Waals surface area (Å²) < 4.78 is 0. The van der Waals surface area contributed by atoms with Gasteiger partial charge in [0.25, 0.3) is 0 Å². The molecule has 1 saturated heterocycles. The summed E-state index contributed by atoms with van der Waals surface area (Å²) in [5, 5.41) is 9.76. The minimum atomic E-state index is 0.361. The highest BCUT2D eigenvalue weighted by Gasteiger charge is 2.33. The van der Waals surface area contributed by atoms with Crippen LogP contribution in [0.15, 0.2) is 60.7 Å². The lowest BCUT2D eigenvalue weighted by atomic mass is 9.82. The third-order valence-corrected chi connectivity index (χ3v) is 5.21. The summed E-state index contributed by atoms with van der Waals surface area (Å²) in [7, 11) is 0. The van der Waals surface area contributed by atoms with Crippen LogP contribution in [0.25, 0.3) is 5.57 Å². The first kappa shape index (κ1) is 14.5. The van der Waals surface area contributed by atoms with E-state index in [1.165, 1.54) is 36.0 Å². The SMILES string of the molecule is Oc1cccc(C2=CC3CCCC(C2)N3Cc2ccccc2)c1. The van der Waals surface area contributed by atoms with E-state index in [1.807, 2.05) is 12.1 Å². The molecule has 23 heavy (non-hydrogen) atoms. The number of aromatic hydroxyl groups is 1. The third-order valence-electron chi connectivity index (χ3n) is 5.21. The van der Waals surface area contributed by atoms with Gasteiger partial charge in [0.1, 0.15) is 5.75 Å². The van der Waals surface area contributed by atoms with Crippen LogP contribution in [0.4, 0.5) is 0 Å². The smallest absolute Gasteiger partial charge is 0.116 e. The molecule has 0 aromatic heterocycles. The fourth-order valence-corrected chi connectivity index (χ4v) is 4.08. The fraction of sp³-hybridized carbons (Fsp3) is 0.333. The maximum absolute atomic E-state index is 9.76. The van der Waals surface area contributed by atoms with Crippen LogP contribution in [0.3, 0.4) is 0 Å². The molecule has 2 heteroatoms. The van der Waals surface area contributed by atoms with Crippen molar-refractivity contribution in [1.29, 1.82) is 0 Å². The van der Waals surface area contributed by atoms with E-state index in [4.69, 9.17) is 0 Å². The van der Waals surface area contributed by atoms with Crippen molar-refractivity contribution in [2.45, 2.75) is 44.3 Å². The third kappa shape index (κ3) is 3.04. The van der Waals surface area contributed by atoms with Gasteiger partial charge in [0.2, 0.25) is 0 Å². The van der Waals surface area contributed by atoms with Gasteiger partial charge in [0.05, 0.1) is 0 Å². The van der Waals surface area contributed by atoms with Gasteiger partial charge in [0.15, 0.2) is 0 Å². The average molecular weight is 305 g/mol. The summed E-state index contributed by atoms with van der Waals surface area (Å²) in [5.74, 6) is 0.361. The van der Waals surface area contributed by atoms with E-state index in [2.05, 4.69) is 47.4 Å². The van der Waals surface area contributed by atoms with Crippen LogP contribution in [0.5, 0.6) is 5.75 Å². The second-order valence-corrected chi connectivity index (χ2v) is 6.76. The van der Waals surface area contributed by atoms with E-state index in [9.17, 15) is 5.11 Å². The van der Waals surface area contributed by atoms with Crippen molar-refractivity contribution < 1.29 is 5.11 Å². The molecule has 2 bridgehead atoms. The fourth-order valence-electron chi connectivity index (χ4n) is 4.08. The summed E-state index contributed by atoms with van der Waals surface area (Å²) in [5.41, 5.74) is 3.99. The summed E-state index contributed by atoms with van der Waals surface area (Å²) in [6, 6.07) is 19.6. The molecule has 2 aliphatic rings. The molecule has 0 radical (unpaired) electrons. The number of hydrogen-bond acceptors (Lipinski definition) is 2. The highest BCUT2D eigenvalue weighted by atomic mass is 16.3. The molecule has 4 rings (SSSR count). The van der Waals surface area contributed by atoms with Gasteiger partial charge < -0.3 is 5.11 Å². The minimum Gasteiger partial charge on any atom is -0.508 e. The van der Waals surface area contributed by atoms with E-state index in [0.717, 1.165) is 13.0 Å². The van der Waals surface area contributed by atoms with E-state index < -0.39 is 0 Å². The van der Waals surface area contributed by atoms with Crippen molar-refractivity contribution in [1.82, 2.24) is 4.90 Å². The van der Waals surface area contributed by atoms with Gasteiger partial charge in [-0.1, -0.05) is 55.0 Å². The molecule has 2 aromatic rings. The van der Waals surface area contributed by atoms with Crippen molar-refractivity contribution >= 4 is 5.57 Å². The number of phenolic OH excluding ortho intramolecular Hbond substituents is 1. The Morgan fingerprint density at radius 1 is 1.00 bits per heavy atom. The van der Waals surface area contributed by atoms with Crippen molar-refractivity contribution in [2.24, 2.45) is 0 Å². The Kier molecular flexibility index (Phi) is 3.92. The number of fused-ring (bicyclic) bond motifs is 2. The maximum atomic E-state index is 9.76. The average Bonchev–Trinajstić information content (AvgIpc) is 2.55. The van der Waals surface area contributed by atoms with Gasteiger partial charge in [-0.15, -0.1) is 0 Å². The van der Waals surface area contributed by atoms with Crippen molar-refractivity contribution in [2.75, 3.05) is 0 Å². The van der Waals surface area contributed by atoms with Crippen LogP contribution in [0.1, 0.15) is 36.8 Å². The number of phenols is 1. The van der Waals surface area contributed by atoms with Crippen molar-refractivity contribution in [3.8, 4) is 5.75 Å². The van der Waals surface area contributed by atoms with E-state index in [0.29, 0.717) is 17.8 Å². The normalized spacial score (nSPS) is 24.3. The Morgan fingerprint density at radius 2 is 1.87 bits per heavy atom. The molecule has 118 valence electrons. The number of benzene rings is 2. The molecular formula is C21H23NO. The molecule has 0 spiro atoms. The summed E-state index contributed by atoms with van der Waals surface area (Å²) >= 11 is 0. The molecule has 2 unspecified atom stereocenters. The molecule has 1 fully saturated rings. The topological polar surface area (TPSA) is 23.5 Å². The molecule has 2 nitrogen and oxygen atoms in total. The van der Waals surface area contributed by atoms with Crippen LogP contribution < -0.4 is 0 Å². The van der Waals surface area contributed by atoms with Crippen LogP contribution in [0.2, 0.25) is 0 Å². The summed E-state index contributed by atoms with van der Waals surface area (Å²) in [4.78, 5) is 2.67. The predicted molar refractivity (Wildman–Crippen MR) is 94.1 cm³/mol. The maximum Gasteiger partial charge on any atom is 0.116 e. The predicted octanol–water partition coefficient (Wildman–Crippen LogP) is 4.60. The molecule has 2 aromatic carbocycles. The van der Waals surface area contributed by atoms with Crippen LogP contribution in [-0.4, -0.2) is 22.1 Å². The first-order valence-electron chi connectivity index (χ1n) is 8.59. The number of piperidine rings is 1. The highest BCUT2D eigenvalue weighted by molar-refractivity contribution is 5.68. The van der Waals surface area contributed by atoms with Gasteiger partial charge in [0, 0.05) is 18.6 Å². The zero-order valence-corrected chi connectivity index (χ0v) is 13.4. The van der Waals surface area contributed by atoms with Crippen LogP contribution >= 0.6 is 0 Å². The molecular weight excluding hydrogens is 282 g/mol. The van der Waals surface area contributed by atoms with E-state index in [1.54, 1.807) is 6.07 Å². The highest BCUT2D eigenvalue weighted by Crippen LogP contribution is 2.38. The molecule has 2 heterocycles. The quantitative estimate of drug-likeness (QED) is 0.895. The second-order valence-electron chi connectivity index (χ2n) is 6.76. The Hall–Kier alpha value is -2.06. The van der Waals surface area contributed by atoms with Crippen molar-refractivity contribution in [3.63, 3.8) is 0 Å². The van der Waals surface area contributed by atoms with Crippen LogP contribution in [0, 0.1) is 0 Å². The lowest BCUT2D eigenvalue weighted by molar-refractivity contribution is 0.0951. The first-order valence-corrected chi connectivity index (χ1v) is 8.59. The first-order chi connectivity index (χ1) is 11.3. The standard InChI is InChI=1S/C21H23NO/c23-21-11-4-8-17(14-21)18-12-19-9-5-10-20(13-18)22(19)15-16-6-2-1-3-7-16/h1-4,6-8,11-12,14,19-20,23H,5,9-10,13,15H2. The number of nitrogens with zero attached hydrogens (tertiary/aromatic N) is 1. The lowest BCUT2D eigenvalue weighted by Gasteiger charge is -2.45. The van der Waals surface area contributed by atoms with E-state index in [-0.39, 0.29) is 0 Å². The summed E-state index contributed by atoms with van der Waals surface area (Å²) in [6.07, 6.45) is 7.37. The Morgan fingerprint density at radius 3 is 2.65 bits per heavy atom. The Bertz CT molecular complexity index is 707. The van der Waals surface area contributed by atoms with Gasteiger partial charge in [-0.25, -0.2) is 0 Å². The molecule has 2 aliphatic heterocycles. The zero-order valence-electron chi connectivity index (χ0n) is 13.4. The summed E-state index contributed by atoms with van der Waals surface area (Å²) in [6.45, 7) is 1.04. The lowest BCUT2D eigenvalue weighted by Crippen LogP contribution is -2.47. The number of hydrogen-bond donors (Lipinski definition) is 1. The van der Waals surface area contributed by atoms with E-state index >= 15 is 0 Å². The van der Waals surface area contributed by atoms with Gasteiger partial charge in [-0.05, 0) is 48.1 Å². The molecule has 1 N–H and O–H groups in total. The zero-order chi connectivity index (χ0) is 15.6. The Labute approximate surface area is 138 Å². The Balaban J connectivity index is 1.60. The molecule has 2 atom stereocenters. The van der Waals surface area contributed by atoms with Gasteiger partial charge in [-0.3, -0.25) is 4.90 Å². The second kappa shape index (κ2) is 6.21. The molecule has 0 aliphatic carbocycles. The van der Waals surface area contributed by atoms with Gasteiger partial charge >= 0.3 is 0 Å². The number of rotatable bonds is 3. The largest absolute Gasteiger partial charge is 0.508 e. The molecule has 0 amide bonds. The molecule has 0 saturated carbocycles. The van der Waals surface area contributed by atoms with Crippen LogP contribution in [-0.2, 0) is 6.54 Å². The minimum absolute atomic E-state index is 0.361.